The largest absolute Gasteiger partial charge is 0.326 e. The van der Waals surface area contributed by atoms with Gasteiger partial charge in [-0.1, -0.05) is 31.7 Å². The summed E-state index contributed by atoms with van der Waals surface area (Å²) in [6.45, 7) is 4.17. The molecular weight excluding hydrogens is 222 g/mol. The topological polar surface area (TPSA) is 29.1 Å². The molecule has 0 atom stereocenters. The highest BCUT2D eigenvalue weighted by molar-refractivity contribution is 5.92. The molecule has 1 aromatic carbocycles. The first-order chi connectivity index (χ1) is 8.66. The van der Waals surface area contributed by atoms with E-state index in [0.717, 1.165) is 18.5 Å². The normalized spacial score (nSPS) is 17.2. The molecule has 0 radical (unpaired) electrons. The Bertz CT molecular complexity index is 417. The van der Waals surface area contributed by atoms with E-state index in [4.69, 9.17) is 0 Å². The van der Waals surface area contributed by atoms with E-state index in [1.54, 1.807) is 0 Å². The Balaban J connectivity index is 1.99. The van der Waals surface area contributed by atoms with Crippen LogP contribution in [0.3, 0.4) is 0 Å². The second-order valence-electron chi connectivity index (χ2n) is 5.48. The zero-order valence-corrected chi connectivity index (χ0v) is 11.5. The SMILES string of the molecule is Cc1ccc(NC(=O)C2CCCCCC2)cc1C. The molecule has 2 heteroatoms. The number of carbonyl (C=O) groups is 1. The second-order valence-corrected chi connectivity index (χ2v) is 5.48. The van der Waals surface area contributed by atoms with Gasteiger partial charge in [0.25, 0.3) is 0 Å². The van der Waals surface area contributed by atoms with E-state index in [0.29, 0.717) is 0 Å². The fourth-order valence-corrected chi connectivity index (χ4v) is 2.61. The summed E-state index contributed by atoms with van der Waals surface area (Å²) in [4.78, 5) is 12.2. The molecule has 1 amide bonds. The second kappa shape index (κ2) is 6.03. The van der Waals surface area contributed by atoms with Crippen LogP contribution in [0.1, 0.15) is 49.7 Å². The Morgan fingerprint density at radius 1 is 1.06 bits per heavy atom. The minimum Gasteiger partial charge on any atom is -0.326 e. The van der Waals surface area contributed by atoms with Crippen molar-refractivity contribution in [3.63, 3.8) is 0 Å². The van der Waals surface area contributed by atoms with E-state index in [9.17, 15) is 4.79 Å². The molecule has 1 aliphatic carbocycles. The number of nitrogens with one attached hydrogen (secondary N) is 1. The van der Waals surface area contributed by atoms with Gasteiger partial charge in [0, 0.05) is 11.6 Å². The van der Waals surface area contributed by atoms with Crippen LogP contribution in [0.4, 0.5) is 5.69 Å². The maximum atomic E-state index is 12.2. The average molecular weight is 245 g/mol. The molecule has 0 heterocycles. The Morgan fingerprint density at radius 2 is 1.72 bits per heavy atom. The van der Waals surface area contributed by atoms with Crippen molar-refractivity contribution < 1.29 is 4.79 Å². The van der Waals surface area contributed by atoms with Crippen molar-refractivity contribution in [3.05, 3.63) is 29.3 Å². The van der Waals surface area contributed by atoms with Gasteiger partial charge in [0.2, 0.25) is 5.91 Å². The fourth-order valence-electron chi connectivity index (χ4n) is 2.61. The first kappa shape index (κ1) is 13.1. The number of hydrogen-bond acceptors (Lipinski definition) is 1. The summed E-state index contributed by atoms with van der Waals surface area (Å²) in [5.41, 5.74) is 3.43. The van der Waals surface area contributed by atoms with Gasteiger partial charge in [0.05, 0.1) is 0 Å². The van der Waals surface area contributed by atoms with Crippen LogP contribution in [-0.4, -0.2) is 5.91 Å². The molecule has 0 aliphatic heterocycles. The van der Waals surface area contributed by atoms with Crippen LogP contribution in [-0.2, 0) is 4.79 Å². The number of anilines is 1. The van der Waals surface area contributed by atoms with Crippen LogP contribution in [0, 0.1) is 19.8 Å². The third-order valence-corrected chi connectivity index (χ3v) is 4.00. The molecule has 0 aromatic heterocycles. The van der Waals surface area contributed by atoms with Crippen LogP contribution < -0.4 is 5.32 Å². The van der Waals surface area contributed by atoms with E-state index in [-0.39, 0.29) is 11.8 Å². The Kier molecular flexibility index (Phi) is 4.40. The van der Waals surface area contributed by atoms with Crippen LogP contribution in [0.5, 0.6) is 0 Å². The van der Waals surface area contributed by atoms with Crippen molar-refractivity contribution in [1.29, 1.82) is 0 Å². The van der Waals surface area contributed by atoms with E-state index in [2.05, 4.69) is 31.3 Å². The summed E-state index contributed by atoms with van der Waals surface area (Å²) in [6.07, 6.45) is 7.07. The fraction of sp³-hybridized carbons (Fsp3) is 0.562. The first-order valence-electron chi connectivity index (χ1n) is 7.05. The van der Waals surface area contributed by atoms with Gasteiger partial charge in [-0.3, -0.25) is 4.79 Å². The predicted molar refractivity (Wildman–Crippen MR) is 75.7 cm³/mol. The maximum Gasteiger partial charge on any atom is 0.227 e. The molecule has 98 valence electrons. The standard InChI is InChI=1S/C16H23NO/c1-12-9-10-15(11-13(12)2)17-16(18)14-7-5-3-4-6-8-14/h9-11,14H,3-8H2,1-2H3,(H,17,18). The predicted octanol–water partition coefficient (Wildman–Crippen LogP) is 4.21. The minimum atomic E-state index is 0.208. The highest BCUT2D eigenvalue weighted by atomic mass is 16.1. The summed E-state index contributed by atoms with van der Waals surface area (Å²) in [6, 6.07) is 6.12. The molecule has 1 fully saturated rings. The van der Waals surface area contributed by atoms with Crippen molar-refractivity contribution in [2.24, 2.45) is 5.92 Å². The molecule has 1 saturated carbocycles. The van der Waals surface area contributed by atoms with Crippen molar-refractivity contribution >= 4 is 11.6 Å². The van der Waals surface area contributed by atoms with Gasteiger partial charge in [0.15, 0.2) is 0 Å². The quantitative estimate of drug-likeness (QED) is 0.777. The molecule has 0 saturated heterocycles. The molecule has 1 aromatic rings. The Labute approximate surface area is 110 Å². The summed E-state index contributed by atoms with van der Waals surface area (Å²) in [7, 11) is 0. The third-order valence-electron chi connectivity index (χ3n) is 4.00. The molecule has 1 N–H and O–H groups in total. The lowest BCUT2D eigenvalue weighted by Gasteiger charge is -2.14. The minimum absolute atomic E-state index is 0.208. The zero-order chi connectivity index (χ0) is 13.0. The summed E-state index contributed by atoms with van der Waals surface area (Å²) in [5, 5.41) is 3.07. The van der Waals surface area contributed by atoms with Crippen molar-refractivity contribution in [3.8, 4) is 0 Å². The van der Waals surface area contributed by atoms with Crippen molar-refractivity contribution in [2.75, 3.05) is 5.32 Å². The van der Waals surface area contributed by atoms with Crippen molar-refractivity contribution in [1.82, 2.24) is 0 Å². The zero-order valence-electron chi connectivity index (χ0n) is 11.5. The third kappa shape index (κ3) is 3.34. The van der Waals surface area contributed by atoms with Gasteiger partial charge in [0.1, 0.15) is 0 Å². The monoisotopic (exact) mass is 245 g/mol. The number of rotatable bonds is 2. The van der Waals surface area contributed by atoms with Crippen LogP contribution >= 0.6 is 0 Å². The Hall–Kier alpha value is -1.31. The van der Waals surface area contributed by atoms with E-state index in [1.165, 1.54) is 36.8 Å². The lowest BCUT2D eigenvalue weighted by molar-refractivity contribution is -0.120. The van der Waals surface area contributed by atoms with Gasteiger partial charge in [-0.2, -0.15) is 0 Å². The summed E-state index contributed by atoms with van der Waals surface area (Å²) >= 11 is 0. The number of aryl methyl sites for hydroxylation is 2. The lowest BCUT2D eigenvalue weighted by Crippen LogP contribution is -2.22. The summed E-state index contributed by atoms with van der Waals surface area (Å²) in [5.74, 6) is 0.425. The molecule has 0 unspecified atom stereocenters. The van der Waals surface area contributed by atoms with E-state index in [1.807, 2.05) is 6.07 Å². The maximum absolute atomic E-state index is 12.2. The summed E-state index contributed by atoms with van der Waals surface area (Å²) < 4.78 is 0. The van der Waals surface area contributed by atoms with E-state index >= 15 is 0 Å². The van der Waals surface area contributed by atoms with E-state index < -0.39 is 0 Å². The van der Waals surface area contributed by atoms with Crippen LogP contribution in [0.2, 0.25) is 0 Å². The molecule has 1 aliphatic rings. The number of hydrogen-bond donors (Lipinski definition) is 1. The highest BCUT2D eigenvalue weighted by Crippen LogP contribution is 2.24. The molecule has 18 heavy (non-hydrogen) atoms. The Morgan fingerprint density at radius 3 is 2.33 bits per heavy atom. The van der Waals surface area contributed by atoms with Crippen molar-refractivity contribution in [2.45, 2.75) is 52.4 Å². The van der Waals surface area contributed by atoms with Crippen LogP contribution in [0.25, 0.3) is 0 Å². The number of amides is 1. The number of benzene rings is 1. The van der Waals surface area contributed by atoms with Crippen LogP contribution in [0.15, 0.2) is 18.2 Å². The van der Waals surface area contributed by atoms with Gasteiger partial charge in [-0.15, -0.1) is 0 Å². The molecular formula is C16H23NO. The van der Waals surface area contributed by atoms with Gasteiger partial charge >= 0.3 is 0 Å². The van der Waals surface area contributed by atoms with Gasteiger partial charge in [-0.05, 0) is 49.9 Å². The molecule has 0 spiro atoms. The lowest BCUT2D eigenvalue weighted by atomic mass is 9.99. The highest BCUT2D eigenvalue weighted by Gasteiger charge is 2.19. The molecule has 2 rings (SSSR count). The first-order valence-corrected chi connectivity index (χ1v) is 7.05. The molecule has 0 bridgehead atoms. The smallest absolute Gasteiger partial charge is 0.227 e. The molecule has 2 nitrogen and oxygen atoms in total. The number of carbonyl (C=O) groups excluding carboxylic acids is 1. The van der Waals surface area contributed by atoms with Gasteiger partial charge in [-0.25, -0.2) is 0 Å². The van der Waals surface area contributed by atoms with Gasteiger partial charge < -0.3 is 5.32 Å². The average Bonchev–Trinajstić information content (AvgIpc) is 2.62.